The summed E-state index contributed by atoms with van der Waals surface area (Å²) in [6, 6.07) is 14.4. The molecule has 35 heavy (non-hydrogen) atoms. The molecule has 1 fully saturated rings. The Morgan fingerprint density at radius 2 is 1.74 bits per heavy atom. The van der Waals surface area contributed by atoms with E-state index in [0.717, 1.165) is 77.8 Å². The molecule has 6 rings (SSSR count). The van der Waals surface area contributed by atoms with E-state index in [2.05, 4.69) is 44.6 Å². The number of ether oxygens (including phenoxy) is 2. The first-order valence-electron chi connectivity index (χ1n) is 12.1. The highest BCUT2D eigenvalue weighted by molar-refractivity contribution is 6.31. The maximum Gasteiger partial charge on any atom is 0.231 e. The number of rotatable bonds is 6. The minimum atomic E-state index is 0.269. The number of piperazine rings is 1. The van der Waals surface area contributed by atoms with Crippen molar-refractivity contribution in [1.82, 2.24) is 19.7 Å². The van der Waals surface area contributed by atoms with Gasteiger partial charge in [-0.25, -0.2) is 0 Å². The molecular weight excluding hydrogens is 462 g/mol. The van der Waals surface area contributed by atoms with Crippen molar-refractivity contribution < 1.29 is 9.47 Å². The Bertz CT molecular complexity index is 1350. The van der Waals surface area contributed by atoms with E-state index in [1.165, 1.54) is 11.3 Å². The van der Waals surface area contributed by atoms with E-state index in [4.69, 9.17) is 26.2 Å². The molecule has 2 aromatic carbocycles. The SMILES string of the molecule is Cc1c(Cl)cccc1N1CCN(CCc2nn(Cc3ccncc3)c3cc4c(cc23)OCO4)CC1. The van der Waals surface area contributed by atoms with Crippen LogP contribution >= 0.6 is 11.6 Å². The van der Waals surface area contributed by atoms with Crippen LogP contribution in [0.15, 0.2) is 54.9 Å². The fraction of sp³-hybridized carbons (Fsp3) is 0.333. The van der Waals surface area contributed by atoms with Gasteiger partial charge in [-0.3, -0.25) is 14.6 Å². The molecule has 0 amide bonds. The lowest BCUT2D eigenvalue weighted by molar-refractivity contribution is 0.174. The van der Waals surface area contributed by atoms with E-state index in [0.29, 0.717) is 6.54 Å². The zero-order chi connectivity index (χ0) is 23.8. The minimum absolute atomic E-state index is 0.269. The first kappa shape index (κ1) is 22.2. The van der Waals surface area contributed by atoms with Crippen LogP contribution in [0.4, 0.5) is 5.69 Å². The molecule has 0 N–H and O–H groups in total. The maximum atomic E-state index is 6.35. The topological polar surface area (TPSA) is 55.7 Å². The van der Waals surface area contributed by atoms with Crippen LogP contribution in [0.1, 0.15) is 16.8 Å². The summed E-state index contributed by atoms with van der Waals surface area (Å²) < 4.78 is 13.4. The Morgan fingerprint density at radius 3 is 2.54 bits per heavy atom. The van der Waals surface area contributed by atoms with Gasteiger partial charge in [0.15, 0.2) is 11.5 Å². The van der Waals surface area contributed by atoms with Crippen LogP contribution in [0.3, 0.4) is 0 Å². The van der Waals surface area contributed by atoms with Crippen LogP contribution in [-0.4, -0.2) is 59.2 Å². The van der Waals surface area contributed by atoms with Gasteiger partial charge in [-0.1, -0.05) is 17.7 Å². The molecular formula is C27H28ClN5O2. The highest BCUT2D eigenvalue weighted by Gasteiger charge is 2.22. The minimum Gasteiger partial charge on any atom is -0.454 e. The van der Waals surface area contributed by atoms with Crippen molar-refractivity contribution in [2.75, 3.05) is 44.4 Å². The van der Waals surface area contributed by atoms with Crippen molar-refractivity contribution in [3.8, 4) is 11.5 Å². The Hall–Kier alpha value is -3.29. The first-order valence-corrected chi connectivity index (χ1v) is 12.4. The van der Waals surface area contributed by atoms with Crippen molar-refractivity contribution >= 4 is 28.2 Å². The molecule has 8 heteroatoms. The van der Waals surface area contributed by atoms with Gasteiger partial charge in [0.25, 0.3) is 0 Å². The largest absolute Gasteiger partial charge is 0.454 e. The number of pyridine rings is 1. The zero-order valence-electron chi connectivity index (χ0n) is 19.8. The molecule has 2 aliphatic rings. The van der Waals surface area contributed by atoms with Gasteiger partial charge in [0.2, 0.25) is 6.79 Å². The van der Waals surface area contributed by atoms with Crippen LogP contribution in [0.25, 0.3) is 10.9 Å². The lowest BCUT2D eigenvalue weighted by atomic mass is 10.1. The van der Waals surface area contributed by atoms with E-state index in [-0.39, 0.29) is 6.79 Å². The molecule has 1 saturated heterocycles. The number of benzene rings is 2. The van der Waals surface area contributed by atoms with Gasteiger partial charge in [-0.05, 0) is 48.4 Å². The molecule has 180 valence electrons. The maximum absolute atomic E-state index is 6.35. The van der Waals surface area contributed by atoms with Gasteiger partial charge in [0.05, 0.1) is 17.8 Å². The van der Waals surface area contributed by atoms with Crippen LogP contribution < -0.4 is 14.4 Å². The molecule has 0 unspecified atom stereocenters. The quantitative estimate of drug-likeness (QED) is 0.396. The van der Waals surface area contributed by atoms with E-state index in [1.807, 2.05) is 36.7 Å². The third kappa shape index (κ3) is 4.42. The highest BCUT2D eigenvalue weighted by Crippen LogP contribution is 2.37. The Kier molecular flexibility index (Phi) is 5.96. The molecule has 7 nitrogen and oxygen atoms in total. The van der Waals surface area contributed by atoms with E-state index in [9.17, 15) is 0 Å². The Balaban J connectivity index is 1.18. The van der Waals surface area contributed by atoms with Gasteiger partial charge in [0.1, 0.15) is 0 Å². The predicted octanol–water partition coefficient (Wildman–Crippen LogP) is 4.53. The van der Waals surface area contributed by atoms with Crippen molar-refractivity contribution in [3.63, 3.8) is 0 Å². The number of halogens is 1. The molecule has 4 heterocycles. The fourth-order valence-electron chi connectivity index (χ4n) is 5.01. The standard InChI is InChI=1S/C27H28ClN5O2/c1-19-22(28)3-2-4-24(19)32-13-11-31(12-14-32)10-7-23-21-15-26-27(35-18-34-26)16-25(21)33(30-23)17-20-5-8-29-9-6-20/h2-6,8-9,15-16H,7,10-14,17-18H2,1H3. The molecule has 0 radical (unpaired) electrons. The number of hydrogen-bond donors (Lipinski definition) is 0. The second kappa shape index (κ2) is 9.40. The van der Waals surface area contributed by atoms with E-state index < -0.39 is 0 Å². The number of fused-ring (bicyclic) bond motifs is 2. The first-order chi connectivity index (χ1) is 17.2. The van der Waals surface area contributed by atoms with Gasteiger partial charge in [-0.2, -0.15) is 5.10 Å². The Morgan fingerprint density at radius 1 is 0.971 bits per heavy atom. The van der Waals surface area contributed by atoms with Gasteiger partial charge < -0.3 is 14.4 Å². The predicted molar refractivity (Wildman–Crippen MR) is 138 cm³/mol. The molecule has 2 aliphatic heterocycles. The smallest absolute Gasteiger partial charge is 0.231 e. The summed E-state index contributed by atoms with van der Waals surface area (Å²) >= 11 is 6.35. The van der Waals surface area contributed by atoms with Crippen LogP contribution in [0, 0.1) is 6.92 Å². The third-order valence-corrected chi connectivity index (χ3v) is 7.43. The zero-order valence-corrected chi connectivity index (χ0v) is 20.5. The highest BCUT2D eigenvalue weighted by atomic mass is 35.5. The molecule has 0 bridgehead atoms. The average Bonchev–Trinajstić information content (AvgIpc) is 3.48. The fourth-order valence-corrected chi connectivity index (χ4v) is 5.18. The van der Waals surface area contributed by atoms with E-state index >= 15 is 0 Å². The molecule has 0 atom stereocenters. The summed E-state index contributed by atoms with van der Waals surface area (Å²) in [6.07, 6.45) is 4.53. The number of hydrogen-bond acceptors (Lipinski definition) is 6. The van der Waals surface area contributed by atoms with Crippen molar-refractivity contribution in [3.05, 3.63) is 76.7 Å². The number of anilines is 1. The Labute approximate surface area is 209 Å². The second-order valence-corrected chi connectivity index (χ2v) is 9.55. The second-order valence-electron chi connectivity index (χ2n) is 9.15. The number of nitrogens with zero attached hydrogens (tertiary/aromatic N) is 5. The van der Waals surface area contributed by atoms with Gasteiger partial charge in [0, 0.05) is 73.7 Å². The van der Waals surface area contributed by atoms with Gasteiger partial charge >= 0.3 is 0 Å². The molecule has 2 aromatic heterocycles. The monoisotopic (exact) mass is 489 g/mol. The van der Waals surface area contributed by atoms with Crippen molar-refractivity contribution in [2.45, 2.75) is 19.9 Å². The molecule has 0 spiro atoms. The van der Waals surface area contributed by atoms with Crippen LogP contribution in [0.5, 0.6) is 11.5 Å². The van der Waals surface area contributed by atoms with Crippen molar-refractivity contribution in [2.24, 2.45) is 0 Å². The van der Waals surface area contributed by atoms with Crippen LogP contribution in [0.2, 0.25) is 5.02 Å². The van der Waals surface area contributed by atoms with Gasteiger partial charge in [-0.15, -0.1) is 0 Å². The van der Waals surface area contributed by atoms with Crippen molar-refractivity contribution in [1.29, 1.82) is 0 Å². The van der Waals surface area contributed by atoms with E-state index in [1.54, 1.807) is 0 Å². The molecule has 4 aromatic rings. The third-order valence-electron chi connectivity index (χ3n) is 7.02. The average molecular weight is 490 g/mol. The molecule has 0 aliphatic carbocycles. The summed E-state index contributed by atoms with van der Waals surface area (Å²) in [5.41, 5.74) is 5.74. The lowest BCUT2D eigenvalue weighted by Crippen LogP contribution is -2.47. The summed E-state index contributed by atoms with van der Waals surface area (Å²) in [7, 11) is 0. The summed E-state index contributed by atoms with van der Waals surface area (Å²) in [5, 5.41) is 7.00. The lowest BCUT2D eigenvalue weighted by Gasteiger charge is -2.36. The molecule has 0 saturated carbocycles. The summed E-state index contributed by atoms with van der Waals surface area (Å²) in [5.74, 6) is 1.58. The van der Waals surface area contributed by atoms with Crippen LogP contribution in [-0.2, 0) is 13.0 Å². The number of aromatic nitrogens is 3. The summed E-state index contributed by atoms with van der Waals surface area (Å²) in [4.78, 5) is 9.10. The summed E-state index contributed by atoms with van der Waals surface area (Å²) in [6.45, 7) is 8.07. The normalized spacial score (nSPS) is 15.8.